The van der Waals surface area contributed by atoms with Crippen molar-refractivity contribution >= 4 is 28.2 Å². The van der Waals surface area contributed by atoms with E-state index in [0.717, 1.165) is 0 Å². The molecule has 0 spiro atoms. The Morgan fingerprint density at radius 1 is 1.33 bits per heavy atom. The first-order chi connectivity index (χ1) is 8.34. The fourth-order valence-electron chi connectivity index (χ4n) is 1.80. The summed E-state index contributed by atoms with van der Waals surface area (Å²) in [5.74, 6) is -1.18. The van der Waals surface area contributed by atoms with Crippen molar-refractivity contribution in [2.24, 2.45) is 0 Å². The predicted octanol–water partition coefficient (Wildman–Crippen LogP) is 1.41. The molecule has 0 saturated carbocycles. The molecular weight excluding hydrogens is 254 g/mol. The van der Waals surface area contributed by atoms with Gasteiger partial charge in [0.15, 0.2) is 10.7 Å². The number of nitrogens with zero attached hydrogens (tertiary/aromatic N) is 3. The van der Waals surface area contributed by atoms with Gasteiger partial charge in [0.25, 0.3) is 5.91 Å². The number of carbonyl (C=O) groups is 2. The van der Waals surface area contributed by atoms with Crippen LogP contribution >= 0.6 is 11.3 Å². The number of amides is 1. The summed E-state index contributed by atoms with van der Waals surface area (Å²) < 4.78 is 1.53. The van der Waals surface area contributed by atoms with Crippen LogP contribution in [0.15, 0.2) is 0 Å². The van der Waals surface area contributed by atoms with E-state index in [-0.39, 0.29) is 11.6 Å². The van der Waals surface area contributed by atoms with Crippen LogP contribution < -0.4 is 0 Å². The van der Waals surface area contributed by atoms with Crippen molar-refractivity contribution in [2.45, 2.75) is 13.8 Å². The van der Waals surface area contributed by atoms with E-state index in [4.69, 9.17) is 0 Å². The normalized spacial score (nSPS) is 10.9. The molecule has 6 nitrogen and oxygen atoms in total. The number of hydrogen-bond donors (Lipinski definition) is 1. The van der Waals surface area contributed by atoms with Gasteiger partial charge < -0.3 is 10.0 Å². The molecule has 0 aliphatic heterocycles. The van der Waals surface area contributed by atoms with Gasteiger partial charge in [0.05, 0.1) is 5.69 Å². The first-order valence-electron chi connectivity index (χ1n) is 5.28. The first kappa shape index (κ1) is 12.6. The average molecular weight is 267 g/mol. The Morgan fingerprint density at radius 3 is 2.44 bits per heavy atom. The van der Waals surface area contributed by atoms with E-state index >= 15 is 0 Å². The lowest BCUT2D eigenvalue weighted by atomic mass is 10.3. The maximum atomic E-state index is 11.9. The summed E-state index contributed by atoms with van der Waals surface area (Å²) in [5, 5.41) is 9.18. The molecule has 2 aromatic rings. The van der Waals surface area contributed by atoms with Crippen molar-refractivity contribution < 1.29 is 14.7 Å². The molecule has 7 heteroatoms. The summed E-state index contributed by atoms with van der Waals surface area (Å²) in [7, 11) is 3.32. The minimum Gasteiger partial charge on any atom is -0.477 e. The second kappa shape index (κ2) is 4.09. The molecule has 0 unspecified atom stereocenters. The van der Waals surface area contributed by atoms with E-state index < -0.39 is 5.97 Å². The van der Waals surface area contributed by atoms with Crippen LogP contribution in [0.4, 0.5) is 0 Å². The van der Waals surface area contributed by atoms with E-state index in [9.17, 15) is 14.7 Å². The van der Waals surface area contributed by atoms with Crippen molar-refractivity contribution in [3.8, 4) is 0 Å². The Bertz CT molecular complexity index is 654. The van der Waals surface area contributed by atoms with Gasteiger partial charge in [-0.15, -0.1) is 0 Å². The SMILES string of the molecule is Cc1nc2sc(C(=O)N(C)C)c(C)n2c1C(=O)O. The molecule has 96 valence electrons. The quantitative estimate of drug-likeness (QED) is 0.892. The van der Waals surface area contributed by atoms with Crippen molar-refractivity contribution in [3.63, 3.8) is 0 Å². The number of fused-ring (bicyclic) bond motifs is 1. The van der Waals surface area contributed by atoms with E-state index in [1.54, 1.807) is 27.9 Å². The number of carbonyl (C=O) groups excluding carboxylic acids is 1. The van der Waals surface area contributed by atoms with Gasteiger partial charge in [-0.05, 0) is 13.8 Å². The van der Waals surface area contributed by atoms with Crippen LogP contribution in [0, 0.1) is 13.8 Å². The Balaban J connectivity index is 2.73. The zero-order chi connectivity index (χ0) is 13.6. The molecule has 0 fully saturated rings. The monoisotopic (exact) mass is 267 g/mol. The maximum absolute atomic E-state index is 11.9. The van der Waals surface area contributed by atoms with Crippen molar-refractivity contribution in [3.05, 3.63) is 22.0 Å². The molecule has 0 aromatic carbocycles. The van der Waals surface area contributed by atoms with Gasteiger partial charge in [-0.3, -0.25) is 9.20 Å². The van der Waals surface area contributed by atoms with Gasteiger partial charge in [0, 0.05) is 19.8 Å². The second-order valence-electron chi connectivity index (χ2n) is 4.19. The van der Waals surface area contributed by atoms with Gasteiger partial charge in [0.1, 0.15) is 4.88 Å². The second-order valence-corrected chi connectivity index (χ2v) is 5.16. The predicted molar refractivity (Wildman–Crippen MR) is 67.5 cm³/mol. The molecule has 0 aliphatic rings. The van der Waals surface area contributed by atoms with Crippen LogP contribution in [0.1, 0.15) is 31.5 Å². The first-order valence-corrected chi connectivity index (χ1v) is 6.09. The number of aryl methyl sites for hydroxylation is 2. The zero-order valence-electron chi connectivity index (χ0n) is 10.5. The van der Waals surface area contributed by atoms with E-state index in [1.807, 2.05) is 0 Å². The third kappa shape index (κ3) is 1.67. The van der Waals surface area contributed by atoms with Crippen LogP contribution in [0.3, 0.4) is 0 Å². The van der Waals surface area contributed by atoms with Gasteiger partial charge in [-0.25, -0.2) is 9.78 Å². The Hall–Kier alpha value is -1.89. The summed E-state index contributed by atoms with van der Waals surface area (Å²) in [6, 6.07) is 0. The third-order valence-corrected chi connectivity index (χ3v) is 3.81. The lowest BCUT2D eigenvalue weighted by Gasteiger charge is -2.08. The highest BCUT2D eigenvalue weighted by atomic mass is 32.1. The summed E-state index contributed by atoms with van der Waals surface area (Å²) in [6.45, 7) is 3.38. The smallest absolute Gasteiger partial charge is 0.354 e. The fraction of sp³-hybridized carbons (Fsp3) is 0.364. The standard InChI is InChI=1S/C11H13N3O3S/c1-5-7(10(16)17)14-6(2)8(9(15)13(3)4)18-11(14)12-5/h1-4H3,(H,16,17). The highest BCUT2D eigenvalue weighted by molar-refractivity contribution is 7.19. The molecule has 1 N–H and O–H groups in total. The number of aromatic nitrogens is 2. The van der Waals surface area contributed by atoms with Crippen molar-refractivity contribution in [1.29, 1.82) is 0 Å². The number of rotatable bonds is 2. The number of carboxylic acids is 1. The van der Waals surface area contributed by atoms with Gasteiger partial charge >= 0.3 is 5.97 Å². The molecule has 0 bridgehead atoms. The van der Waals surface area contributed by atoms with Crippen LogP contribution in [0.25, 0.3) is 4.96 Å². The number of imidazole rings is 1. The minimum absolute atomic E-state index is 0.122. The lowest BCUT2D eigenvalue weighted by molar-refractivity contribution is 0.0687. The molecule has 0 radical (unpaired) electrons. The highest BCUT2D eigenvalue weighted by Crippen LogP contribution is 2.26. The molecule has 2 heterocycles. The largest absolute Gasteiger partial charge is 0.477 e. The van der Waals surface area contributed by atoms with Gasteiger partial charge in [-0.2, -0.15) is 0 Å². The molecule has 2 rings (SSSR count). The lowest BCUT2D eigenvalue weighted by Crippen LogP contribution is -2.21. The van der Waals surface area contributed by atoms with Crippen LogP contribution in [-0.2, 0) is 0 Å². The Labute approximate surface area is 107 Å². The van der Waals surface area contributed by atoms with E-state index in [2.05, 4.69) is 4.98 Å². The summed E-state index contributed by atoms with van der Waals surface area (Å²) >= 11 is 1.21. The van der Waals surface area contributed by atoms with Crippen molar-refractivity contribution in [1.82, 2.24) is 14.3 Å². The molecule has 2 aromatic heterocycles. The molecule has 0 aliphatic carbocycles. The Kier molecular flexibility index (Phi) is 2.86. The molecular formula is C11H13N3O3S. The highest BCUT2D eigenvalue weighted by Gasteiger charge is 2.24. The van der Waals surface area contributed by atoms with Crippen LogP contribution in [-0.4, -0.2) is 45.4 Å². The van der Waals surface area contributed by atoms with E-state index in [1.165, 1.54) is 20.6 Å². The number of aromatic carboxylic acids is 1. The van der Waals surface area contributed by atoms with Crippen LogP contribution in [0.5, 0.6) is 0 Å². The minimum atomic E-state index is -1.04. The molecule has 1 amide bonds. The average Bonchev–Trinajstić information content (AvgIpc) is 2.74. The number of carboxylic acid groups (broad SMARTS) is 1. The van der Waals surface area contributed by atoms with Crippen molar-refractivity contribution in [2.75, 3.05) is 14.1 Å². The molecule has 0 saturated heterocycles. The van der Waals surface area contributed by atoms with E-state index in [0.29, 0.717) is 21.2 Å². The molecule has 0 atom stereocenters. The number of thiazole rings is 1. The summed E-state index contributed by atoms with van der Waals surface area (Å²) in [4.78, 5) is 29.9. The topological polar surface area (TPSA) is 74.9 Å². The zero-order valence-corrected chi connectivity index (χ0v) is 11.3. The fourth-order valence-corrected chi connectivity index (χ4v) is 3.00. The van der Waals surface area contributed by atoms with Crippen LogP contribution in [0.2, 0.25) is 0 Å². The Morgan fingerprint density at radius 2 is 1.94 bits per heavy atom. The summed E-state index contributed by atoms with van der Waals surface area (Å²) in [6.07, 6.45) is 0. The summed E-state index contributed by atoms with van der Waals surface area (Å²) in [5.41, 5.74) is 1.20. The molecule has 18 heavy (non-hydrogen) atoms. The van der Waals surface area contributed by atoms with Gasteiger partial charge in [0.2, 0.25) is 0 Å². The maximum Gasteiger partial charge on any atom is 0.354 e. The third-order valence-electron chi connectivity index (χ3n) is 2.68. The number of hydrogen-bond acceptors (Lipinski definition) is 4. The van der Waals surface area contributed by atoms with Gasteiger partial charge in [-0.1, -0.05) is 11.3 Å².